The maximum Gasteiger partial charge on any atom is 0.0108 e. The summed E-state index contributed by atoms with van der Waals surface area (Å²) in [7, 11) is 0. The van der Waals surface area contributed by atoms with E-state index in [1.54, 1.807) is 5.56 Å². The van der Waals surface area contributed by atoms with Crippen LogP contribution in [0.4, 0.5) is 0 Å². The van der Waals surface area contributed by atoms with E-state index in [0.29, 0.717) is 0 Å². The first-order valence-corrected chi connectivity index (χ1v) is 7.48. The highest BCUT2D eigenvalue weighted by Crippen LogP contribution is 2.40. The summed E-state index contributed by atoms with van der Waals surface area (Å²) in [5.41, 5.74) is 2.99. The standard InChI is InChI=1S/C14H20N2S/c1-11-2-3-14-13(8-11)12(10-17-14)9-16-6-4-15-5-7-16/h2-3,8,12,15H,4-7,9-10H2,1H3. The second-order valence-corrected chi connectivity index (χ2v) is 6.16. The van der Waals surface area contributed by atoms with Crippen LogP contribution in [0, 0.1) is 6.92 Å². The van der Waals surface area contributed by atoms with E-state index in [-0.39, 0.29) is 0 Å². The quantitative estimate of drug-likeness (QED) is 0.863. The van der Waals surface area contributed by atoms with Gasteiger partial charge in [-0.2, -0.15) is 0 Å². The van der Waals surface area contributed by atoms with Gasteiger partial charge in [0.25, 0.3) is 0 Å². The van der Waals surface area contributed by atoms with Crippen LogP contribution in [0.5, 0.6) is 0 Å². The lowest BCUT2D eigenvalue weighted by atomic mass is 9.98. The highest BCUT2D eigenvalue weighted by molar-refractivity contribution is 7.99. The van der Waals surface area contributed by atoms with Gasteiger partial charge >= 0.3 is 0 Å². The molecule has 2 aliphatic rings. The van der Waals surface area contributed by atoms with Crippen molar-refractivity contribution in [2.24, 2.45) is 0 Å². The fraction of sp³-hybridized carbons (Fsp3) is 0.571. The van der Waals surface area contributed by atoms with Gasteiger partial charge in [-0.25, -0.2) is 0 Å². The molecule has 2 nitrogen and oxygen atoms in total. The Kier molecular flexibility index (Phi) is 3.41. The van der Waals surface area contributed by atoms with Crippen molar-refractivity contribution in [2.75, 3.05) is 38.5 Å². The Bertz CT molecular complexity index is 399. The van der Waals surface area contributed by atoms with Crippen molar-refractivity contribution in [3.63, 3.8) is 0 Å². The molecule has 92 valence electrons. The fourth-order valence-electron chi connectivity index (χ4n) is 2.75. The number of fused-ring (bicyclic) bond motifs is 1. The summed E-state index contributed by atoms with van der Waals surface area (Å²) < 4.78 is 0. The van der Waals surface area contributed by atoms with Crippen LogP contribution in [0.25, 0.3) is 0 Å². The first-order chi connectivity index (χ1) is 8.33. The molecule has 1 aromatic carbocycles. The Morgan fingerprint density at radius 1 is 1.35 bits per heavy atom. The molecule has 0 saturated carbocycles. The van der Waals surface area contributed by atoms with Crippen LogP contribution < -0.4 is 5.32 Å². The van der Waals surface area contributed by atoms with Gasteiger partial charge in [0.1, 0.15) is 0 Å². The molecule has 0 aromatic heterocycles. The third kappa shape index (κ3) is 2.51. The van der Waals surface area contributed by atoms with E-state index in [1.165, 1.54) is 35.8 Å². The molecule has 1 aromatic rings. The van der Waals surface area contributed by atoms with Crippen LogP contribution in [-0.4, -0.2) is 43.4 Å². The summed E-state index contributed by atoms with van der Waals surface area (Å²) in [6.45, 7) is 8.17. The van der Waals surface area contributed by atoms with Gasteiger partial charge in [-0.3, -0.25) is 0 Å². The maximum absolute atomic E-state index is 3.42. The van der Waals surface area contributed by atoms with Crippen molar-refractivity contribution < 1.29 is 0 Å². The van der Waals surface area contributed by atoms with Gasteiger partial charge < -0.3 is 10.2 Å². The molecule has 0 spiro atoms. The summed E-state index contributed by atoms with van der Waals surface area (Å²) in [6.07, 6.45) is 0. The number of hydrogen-bond acceptors (Lipinski definition) is 3. The summed E-state index contributed by atoms with van der Waals surface area (Å²) in [4.78, 5) is 4.12. The van der Waals surface area contributed by atoms with Crippen molar-refractivity contribution in [1.82, 2.24) is 10.2 Å². The highest BCUT2D eigenvalue weighted by atomic mass is 32.2. The number of aryl methyl sites for hydroxylation is 1. The molecule has 2 aliphatic heterocycles. The summed E-state index contributed by atoms with van der Waals surface area (Å²) in [5, 5.41) is 3.42. The minimum Gasteiger partial charge on any atom is -0.314 e. The topological polar surface area (TPSA) is 15.3 Å². The summed E-state index contributed by atoms with van der Waals surface area (Å²) in [6, 6.07) is 6.92. The molecule has 1 unspecified atom stereocenters. The van der Waals surface area contributed by atoms with Crippen molar-refractivity contribution in [3.8, 4) is 0 Å². The molecule has 3 heteroatoms. The zero-order valence-electron chi connectivity index (χ0n) is 10.4. The summed E-state index contributed by atoms with van der Waals surface area (Å²) in [5.74, 6) is 2.01. The van der Waals surface area contributed by atoms with Gasteiger partial charge in [0.2, 0.25) is 0 Å². The molecule has 1 atom stereocenters. The van der Waals surface area contributed by atoms with Crippen molar-refractivity contribution in [3.05, 3.63) is 29.3 Å². The Morgan fingerprint density at radius 3 is 3.00 bits per heavy atom. The fourth-order valence-corrected chi connectivity index (χ4v) is 3.98. The lowest BCUT2D eigenvalue weighted by Gasteiger charge is -2.29. The predicted octanol–water partition coefficient (Wildman–Crippen LogP) is 2.09. The second kappa shape index (κ2) is 5.01. The van der Waals surface area contributed by atoms with E-state index < -0.39 is 0 Å². The molecular weight excluding hydrogens is 228 g/mol. The zero-order valence-corrected chi connectivity index (χ0v) is 11.2. The third-order valence-electron chi connectivity index (χ3n) is 3.73. The number of benzene rings is 1. The number of nitrogens with one attached hydrogen (secondary N) is 1. The molecule has 1 fully saturated rings. The average Bonchev–Trinajstić information content (AvgIpc) is 2.73. The van der Waals surface area contributed by atoms with Crippen molar-refractivity contribution in [2.45, 2.75) is 17.7 Å². The van der Waals surface area contributed by atoms with Crippen LogP contribution in [0.3, 0.4) is 0 Å². The lowest BCUT2D eigenvalue weighted by molar-refractivity contribution is 0.231. The van der Waals surface area contributed by atoms with Crippen molar-refractivity contribution >= 4 is 11.8 Å². The van der Waals surface area contributed by atoms with E-state index in [2.05, 4.69) is 35.3 Å². The Balaban J connectivity index is 1.72. The van der Waals surface area contributed by atoms with Crippen LogP contribution in [0.1, 0.15) is 17.0 Å². The van der Waals surface area contributed by atoms with Gasteiger partial charge in [-0.15, -0.1) is 11.8 Å². The van der Waals surface area contributed by atoms with E-state index in [1.807, 2.05) is 11.8 Å². The Morgan fingerprint density at radius 2 is 2.18 bits per heavy atom. The molecule has 0 aliphatic carbocycles. The van der Waals surface area contributed by atoms with E-state index in [4.69, 9.17) is 0 Å². The third-order valence-corrected chi connectivity index (χ3v) is 4.99. The largest absolute Gasteiger partial charge is 0.314 e. The minimum absolute atomic E-state index is 0.744. The first-order valence-electron chi connectivity index (χ1n) is 6.49. The number of thioether (sulfide) groups is 1. The van der Waals surface area contributed by atoms with E-state index in [9.17, 15) is 0 Å². The Labute approximate surface area is 108 Å². The van der Waals surface area contributed by atoms with E-state index >= 15 is 0 Å². The molecule has 2 heterocycles. The lowest BCUT2D eigenvalue weighted by Crippen LogP contribution is -2.45. The normalized spacial score (nSPS) is 24.9. The molecule has 17 heavy (non-hydrogen) atoms. The minimum atomic E-state index is 0.744. The summed E-state index contributed by atoms with van der Waals surface area (Å²) >= 11 is 2.03. The molecule has 1 saturated heterocycles. The molecular formula is C14H20N2S. The Hall–Kier alpha value is -0.510. The van der Waals surface area contributed by atoms with Gasteiger partial charge in [0.15, 0.2) is 0 Å². The van der Waals surface area contributed by atoms with Crippen LogP contribution in [-0.2, 0) is 0 Å². The van der Waals surface area contributed by atoms with Gasteiger partial charge in [0, 0.05) is 49.3 Å². The van der Waals surface area contributed by atoms with Crippen LogP contribution in [0.2, 0.25) is 0 Å². The van der Waals surface area contributed by atoms with E-state index in [0.717, 1.165) is 19.0 Å². The highest BCUT2D eigenvalue weighted by Gasteiger charge is 2.25. The van der Waals surface area contributed by atoms with Crippen molar-refractivity contribution in [1.29, 1.82) is 0 Å². The van der Waals surface area contributed by atoms with Gasteiger partial charge in [-0.1, -0.05) is 17.7 Å². The predicted molar refractivity (Wildman–Crippen MR) is 74.0 cm³/mol. The van der Waals surface area contributed by atoms with Gasteiger partial charge in [-0.05, 0) is 18.6 Å². The molecule has 0 bridgehead atoms. The molecule has 0 radical (unpaired) electrons. The molecule has 0 amide bonds. The number of hydrogen-bond donors (Lipinski definition) is 1. The zero-order chi connectivity index (χ0) is 11.7. The van der Waals surface area contributed by atoms with Crippen LogP contribution in [0.15, 0.2) is 23.1 Å². The van der Waals surface area contributed by atoms with Gasteiger partial charge in [0.05, 0.1) is 0 Å². The average molecular weight is 248 g/mol. The molecule has 1 N–H and O–H groups in total. The first kappa shape index (κ1) is 11.6. The smallest absolute Gasteiger partial charge is 0.0108 e. The number of rotatable bonds is 2. The SMILES string of the molecule is Cc1ccc2c(c1)C(CN1CCNCC1)CS2. The maximum atomic E-state index is 3.42. The monoisotopic (exact) mass is 248 g/mol. The molecule has 3 rings (SSSR count). The van der Waals surface area contributed by atoms with Crippen LogP contribution >= 0.6 is 11.8 Å². The number of piperazine rings is 1. The second-order valence-electron chi connectivity index (χ2n) is 5.10. The number of nitrogens with zero attached hydrogens (tertiary/aromatic N) is 1.